The van der Waals surface area contributed by atoms with E-state index in [0.29, 0.717) is 6.04 Å². The maximum atomic E-state index is 10.5. The van der Waals surface area contributed by atoms with Gasteiger partial charge in [-0.3, -0.25) is 15.4 Å². The van der Waals surface area contributed by atoms with Crippen LogP contribution in [0.2, 0.25) is 0 Å². The van der Waals surface area contributed by atoms with Crippen LogP contribution in [-0.4, -0.2) is 16.7 Å². The Labute approximate surface area is 96.2 Å². The number of nitro groups is 1. The minimum Gasteiger partial charge on any atom is -0.297 e. The van der Waals surface area contributed by atoms with Crippen LogP contribution in [0.3, 0.4) is 0 Å². The van der Waals surface area contributed by atoms with Gasteiger partial charge in [0.25, 0.3) is 0 Å². The van der Waals surface area contributed by atoms with Crippen molar-refractivity contribution in [2.75, 3.05) is 5.75 Å². The molecule has 15 heavy (non-hydrogen) atoms. The van der Waals surface area contributed by atoms with Crippen molar-refractivity contribution in [2.45, 2.75) is 24.8 Å². The Kier molecular flexibility index (Phi) is 3.28. The van der Waals surface area contributed by atoms with Gasteiger partial charge >= 0.3 is 5.00 Å². The molecule has 1 fully saturated rings. The summed E-state index contributed by atoms with van der Waals surface area (Å²) in [6.45, 7) is 2.15. The van der Waals surface area contributed by atoms with E-state index in [9.17, 15) is 10.1 Å². The summed E-state index contributed by atoms with van der Waals surface area (Å²) in [6, 6.07) is 3.98. The van der Waals surface area contributed by atoms with E-state index in [-0.39, 0.29) is 15.3 Å². The SMILES string of the molecule is CCC1CSC(c2ccc([N+](=O)[O-])s2)N1. The van der Waals surface area contributed by atoms with Crippen molar-refractivity contribution in [1.29, 1.82) is 0 Å². The summed E-state index contributed by atoms with van der Waals surface area (Å²) >= 11 is 3.10. The monoisotopic (exact) mass is 244 g/mol. The molecule has 1 aromatic rings. The number of thioether (sulfide) groups is 1. The highest BCUT2D eigenvalue weighted by molar-refractivity contribution is 7.99. The number of hydrogen-bond donors (Lipinski definition) is 1. The molecule has 2 unspecified atom stereocenters. The fourth-order valence-electron chi connectivity index (χ4n) is 1.50. The second-order valence-electron chi connectivity index (χ2n) is 3.42. The zero-order chi connectivity index (χ0) is 10.8. The van der Waals surface area contributed by atoms with Crippen LogP contribution in [0.1, 0.15) is 23.6 Å². The standard InChI is InChI=1S/C9H12N2O2S2/c1-2-6-5-14-9(10-6)7-3-4-8(15-7)11(12)13/h3-4,6,9-10H,2,5H2,1H3. The van der Waals surface area contributed by atoms with Gasteiger partial charge in [0, 0.05) is 22.7 Å². The molecule has 0 aromatic carbocycles. The lowest BCUT2D eigenvalue weighted by atomic mass is 10.2. The fraction of sp³-hybridized carbons (Fsp3) is 0.556. The number of nitrogens with zero attached hydrogens (tertiary/aromatic N) is 1. The van der Waals surface area contributed by atoms with E-state index in [1.54, 1.807) is 6.07 Å². The molecule has 1 aliphatic rings. The Morgan fingerprint density at radius 2 is 2.47 bits per heavy atom. The quantitative estimate of drug-likeness (QED) is 0.656. The van der Waals surface area contributed by atoms with Crippen LogP contribution in [0.15, 0.2) is 12.1 Å². The van der Waals surface area contributed by atoms with Crippen LogP contribution in [0, 0.1) is 10.1 Å². The van der Waals surface area contributed by atoms with E-state index in [1.165, 1.54) is 11.3 Å². The lowest BCUT2D eigenvalue weighted by Gasteiger charge is -2.08. The molecule has 6 heteroatoms. The van der Waals surface area contributed by atoms with Crippen molar-refractivity contribution in [2.24, 2.45) is 0 Å². The summed E-state index contributed by atoms with van der Waals surface area (Å²) in [5.41, 5.74) is 0. The number of thiophene rings is 1. The molecule has 0 amide bonds. The Morgan fingerprint density at radius 1 is 1.67 bits per heavy atom. The van der Waals surface area contributed by atoms with Crippen molar-refractivity contribution >= 4 is 28.1 Å². The average molecular weight is 244 g/mol. The first-order valence-electron chi connectivity index (χ1n) is 4.82. The van der Waals surface area contributed by atoms with Gasteiger partial charge < -0.3 is 0 Å². The molecule has 0 radical (unpaired) electrons. The van der Waals surface area contributed by atoms with Crippen molar-refractivity contribution in [3.63, 3.8) is 0 Å². The molecule has 1 saturated heterocycles. The van der Waals surface area contributed by atoms with Gasteiger partial charge in [-0.25, -0.2) is 0 Å². The third-order valence-corrected chi connectivity index (χ3v) is 4.96. The number of rotatable bonds is 3. The molecule has 2 rings (SSSR count). The zero-order valence-corrected chi connectivity index (χ0v) is 9.94. The van der Waals surface area contributed by atoms with Crippen LogP contribution >= 0.6 is 23.1 Å². The lowest BCUT2D eigenvalue weighted by molar-refractivity contribution is -0.380. The highest BCUT2D eigenvalue weighted by Gasteiger charge is 2.26. The summed E-state index contributed by atoms with van der Waals surface area (Å²) in [7, 11) is 0. The van der Waals surface area contributed by atoms with Crippen molar-refractivity contribution in [3.8, 4) is 0 Å². The van der Waals surface area contributed by atoms with Gasteiger partial charge in [0.1, 0.15) is 0 Å². The maximum absolute atomic E-state index is 10.5. The molecule has 1 N–H and O–H groups in total. The van der Waals surface area contributed by atoms with Gasteiger partial charge in [-0.05, 0) is 12.5 Å². The van der Waals surface area contributed by atoms with Gasteiger partial charge in [0.05, 0.1) is 10.3 Å². The first-order valence-corrected chi connectivity index (χ1v) is 6.69. The third kappa shape index (κ3) is 2.32. The van der Waals surface area contributed by atoms with E-state index in [2.05, 4.69) is 12.2 Å². The molecule has 0 saturated carbocycles. The minimum absolute atomic E-state index is 0.229. The van der Waals surface area contributed by atoms with Crippen LogP contribution in [0.5, 0.6) is 0 Å². The largest absolute Gasteiger partial charge is 0.324 e. The molecule has 1 aromatic heterocycles. The second kappa shape index (κ2) is 4.51. The topological polar surface area (TPSA) is 55.2 Å². The highest BCUT2D eigenvalue weighted by Crippen LogP contribution is 2.38. The van der Waals surface area contributed by atoms with Crippen molar-refractivity contribution in [1.82, 2.24) is 5.32 Å². The zero-order valence-electron chi connectivity index (χ0n) is 8.30. The third-order valence-electron chi connectivity index (χ3n) is 2.39. The minimum atomic E-state index is -0.328. The van der Waals surface area contributed by atoms with E-state index >= 15 is 0 Å². The smallest absolute Gasteiger partial charge is 0.297 e. The Morgan fingerprint density at radius 3 is 3.00 bits per heavy atom. The molecular weight excluding hydrogens is 232 g/mol. The first kappa shape index (κ1) is 10.9. The highest BCUT2D eigenvalue weighted by atomic mass is 32.2. The van der Waals surface area contributed by atoms with Gasteiger partial charge in [-0.15, -0.1) is 11.8 Å². The summed E-state index contributed by atoms with van der Waals surface area (Å²) in [5.74, 6) is 1.09. The summed E-state index contributed by atoms with van der Waals surface area (Å²) in [5, 5.41) is 14.5. The number of nitrogens with one attached hydrogen (secondary N) is 1. The van der Waals surface area contributed by atoms with Gasteiger partial charge in [0.15, 0.2) is 0 Å². The van der Waals surface area contributed by atoms with Gasteiger partial charge in [-0.2, -0.15) is 0 Å². The van der Waals surface area contributed by atoms with Gasteiger partial charge in [0.2, 0.25) is 0 Å². The summed E-state index contributed by atoms with van der Waals surface area (Å²) in [4.78, 5) is 11.3. The molecule has 4 nitrogen and oxygen atoms in total. The van der Waals surface area contributed by atoms with Crippen LogP contribution in [0.25, 0.3) is 0 Å². The Bertz CT molecular complexity index is 367. The molecular formula is C9H12N2O2S2. The molecule has 1 aliphatic heterocycles. The Balaban J connectivity index is 2.07. The van der Waals surface area contributed by atoms with Crippen LogP contribution in [0.4, 0.5) is 5.00 Å². The fourth-order valence-corrected chi connectivity index (χ4v) is 3.90. The molecule has 2 heterocycles. The normalized spacial score (nSPS) is 25.7. The van der Waals surface area contributed by atoms with E-state index in [1.807, 2.05) is 17.8 Å². The maximum Gasteiger partial charge on any atom is 0.324 e. The van der Waals surface area contributed by atoms with Gasteiger partial charge in [-0.1, -0.05) is 18.3 Å². The van der Waals surface area contributed by atoms with Crippen molar-refractivity contribution < 1.29 is 4.92 Å². The first-order chi connectivity index (χ1) is 7.20. The predicted molar refractivity (Wildman–Crippen MR) is 63.4 cm³/mol. The molecule has 2 atom stereocenters. The van der Waals surface area contributed by atoms with Crippen LogP contribution in [-0.2, 0) is 0 Å². The number of hydrogen-bond acceptors (Lipinski definition) is 5. The predicted octanol–water partition coefficient (Wildman–Crippen LogP) is 2.77. The molecule has 0 spiro atoms. The summed E-state index contributed by atoms with van der Waals surface area (Å²) < 4.78 is 0. The molecule has 82 valence electrons. The van der Waals surface area contributed by atoms with E-state index in [0.717, 1.165) is 17.1 Å². The average Bonchev–Trinajstić information content (AvgIpc) is 2.86. The van der Waals surface area contributed by atoms with E-state index < -0.39 is 0 Å². The summed E-state index contributed by atoms with van der Waals surface area (Å²) in [6.07, 6.45) is 1.11. The van der Waals surface area contributed by atoms with E-state index in [4.69, 9.17) is 0 Å². The Hall–Kier alpha value is -0.590. The van der Waals surface area contributed by atoms with Crippen LogP contribution < -0.4 is 5.32 Å². The second-order valence-corrected chi connectivity index (χ2v) is 5.65. The molecule has 0 bridgehead atoms. The molecule has 0 aliphatic carbocycles. The van der Waals surface area contributed by atoms with Crippen molar-refractivity contribution in [3.05, 3.63) is 27.1 Å². The lowest BCUT2D eigenvalue weighted by Crippen LogP contribution is -2.24.